The van der Waals surface area contributed by atoms with E-state index in [4.69, 9.17) is 4.74 Å². The van der Waals surface area contributed by atoms with Gasteiger partial charge in [-0.25, -0.2) is 4.79 Å². The van der Waals surface area contributed by atoms with E-state index in [0.717, 1.165) is 11.3 Å². The zero-order valence-corrected chi connectivity index (χ0v) is 15.6. The van der Waals surface area contributed by atoms with Crippen molar-refractivity contribution in [1.29, 1.82) is 0 Å². The van der Waals surface area contributed by atoms with E-state index in [1.165, 1.54) is 11.1 Å². The molecular weight excluding hydrogens is 312 g/mol. The van der Waals surface area contributed by atoms with Crippen molar-refractivity contribution < 1.29 is 9.53 Å². The third-order valence-corrected chi connectivity index (χ3v) is 3.95. The van der Waals surface area contributed by atoms with Crippen LogP contribution in [0, 0.1) is 6.92 Å². The maximum absolute atomic E-state index is 11.8. The van der Waals surface area contributed by atoms with Crippen molar-refractivity contribution in [3.8, 4) is 5.75 Å². The molecule has 0 unspecified atom stereocenters. The number of urea groups is 1. The van der Waals surface area contributed by atoms with Crippen LogP contribution >= 0.6 is 0 Å². The van der Waals surface area contributed by atoms with Gasteiger partial charge in [-0.2, -0.15) is 0 Å². The van der Waals surface area contributed by atoms with Gasteiger partial charge in [-0.1, -0.05) is 62.7 Å². The Hall–Kier alpha value is -2.49. The molecule has 134 valence electrons. The van der Waals surface area contributed by atoms with Crippen molar-refractivity contribution in [3.05, 3.63) is 65.2 Å². The quantitative estimate of drug-likeness (QED) is 0.776. The molecule has 0 aliphatic carbocycles. The van der Waals surface area contributed by atoms with Crippen LogP contribution in [-0.2, 0) is 12.0 Å². The summed E-state index contributed by atoms with van der Waals surface area (Å²) in [7, 11) is 0. The van der Waals surface area contributed by atoms with Crippen molar-refractivity contribution in [2.75, 3.05) is 13.2 Å². The largest absolute Gasteiger partial charge is 0.492 e. The predicted octanol–water partition coefficient (Wildman–Crippen LogP) is 4.17. The van der Waals surface area contributed by atoms with Crippen LogP contribution in [0.5, 0.6) is 5.75 Å². The molecule has 4 nitrogen and oxygen atoms in total. The molecule has 0 saturated carbocycles. The third-order valence-electron chi connectivity index (χ3n) is 3.95. The Kier molecular flexibility index (Phi) is 6.45. The van der Waals surface area contributed by atoms with Gasteiger partial charge in [-0.05, 0) is 35.6 Å². The number of carbonyl (C=O) groups excluding carboxylic acids is 1. The third kappa shape index (κ3) is 6.49. The van der Waals surface area contributed by atoms with Gasteiger partial charge in [0.05, 0.1) is 6.54 Å². The molecule has 0 aromatic heterocycles. The number of ether oxygens (including phenoxy) is 1. The van der Waals surface area contributed by atoms with Crippen molar-refractivity contribution in [1.82, 2.24) is 10.6 Å². The van der Waals surface area contributed by atoms with Crippen LogP contribution in [0.2, 0.25) is 0 Å². The summed E-state index contributed by atoms with van der Waals surface area (Å²) in [6.45, 7) is 10.0. The summed E-state index contributed by atoms with van der Waals surface area (Å²) < 4.78 is 5.66. The Balaban J connectivity index is 1.65. The van der Waals surface area contributed by atoms with E-state index in [9.17, 15) is 4.79 Å². The Morgan fingerprint density at radius 1 is 0.960 bits per heavy atom. The molecule has 2 amide bonds. The second-order valence-electron chi connectivity index (χ2n) is 7.22. The Bertz CT molecular complexity index is 671. The minimum Gasteiger partial charge on any atom is -0.492 e. The Labute approximate surface area is 150 Å². The number of carbonyl (C=O) groups is 1. The van der Waals surface area contributed by atoms with Gasteiger partial charge < -0.3 is 15.4 Å². The summed E-state index contributed by atoms with van der Waals surface area (Å²) in [6.07, 6.45) is 0. The van der Waals surface area contributed by atoms with Gasteiger partial charge in [0.2, 0.25) is 0 Å². The highest BCUT2D eigenvalue weighted by Gasteiger charge is 2.12. The maximum atomic E-state index is 11.8. The molecule has 0 aliphatic heterocycles. The molecule has 0 radical (unpaired) electrons. The van der Waals surface area contributed by atoms with Crippen molar-refractivity contribution in [2.45, 2.75) is 39.7 Å². The standard InChI is InChI=1S/C21H28N2O2/c1-16-5-7-17(8-6-16)15-23-20(24)22-13-14-25-19-11-9-18(10-12-19)21(2,3)4/h5-12H,13-15H2,1-4H3,(H2,22,23,24). The Morgan fingerprint density at radius 3 is 2.20 bits per heavy atom. The first kappa shape index (κ1) is 18.8. The van der Waals surface area contributed by atoms with Crippen molar-refractivity contribution >= 4 is 6.03 Å². The number of hydrogen-bond acceptors (Lipinski definition) is 2. The molecular formula is C21H28N2O2. The molecule has 0 aliphatic rings. The fourth-order valence-corrected chi connectivity index (χ4v) is 2.34. The highest BCUT2D eigenvalue weighted by atomic mass is 16.5. The number of amides is 2. The topological polar surface area (TPSA) is 50.4 Å². The maximum Gasteiger partial charge on any atom is 0.315 e. The molecule has 0 spiro atoms. The molecule has 0 bridgehead atoms. The lowest BCUT2D eigenvalue weighted by Gasteiger charge is -2.19. The second-order valence-corrected chi connectivity index (χ2v) is 7.22. The van der Waals surface area contributed by atoms with Crippen LogP contribution in [0.1, 0.15) is 37.5 Å². The van der Waals surface area contributed by atoms with Gasteiger partial charge in [-0.3, -0.25) is 0 Å². The molecule has 2 aromatic carbocycles. The molecule has 0 fully saturated rings. The normalized spacial score (nSPS) is 11.0. The lowest BCUT2D eigenvalue weighted by molar-refractivity contribution is 0.236. The van der Waals surface area contributed by atoms with Gasteiger partial charge in [0.1, 0.15) is 12.4 Å². The van der Waals surface area contributed by atoms with Gasteiger partial charge in [0.25, 0.3) is 0 Å². The highest BCUT2D eigenvalue weighted by Crippen LogP contribution is 2.24. The molecule has 0 saturated heterocycles. The number of nitrogens with one attached hydrogen (secondary N) is 2. The average Bonchev–Trinajstić information content (AvgIpc) is 2.58. The molecule has 0 atom stereocenters. The fraction of sp³-hybridized carbons (Fsp3) is 0.381. The average molecular weight is 340 g/mol. The number of benzene rings is 2. The van der Waals surface area contributed by atoms with E-state index < -0.39 is 0 Å². The molecule has 0 heterocycles. The van der Waals surface area contributed by atoms with Crippen molar-refractivity contribution in [3.63, 3.8) is 0 Å². The monoisotopic (exact) mass is 340 g/mol. The smallest absolute Gasteiger partial charge is 0.315 e. The summed E-state index contributed by atoms with van der Waals surface area (Å²) in [6, 6.07) is 16.0. The van der Waals surface area contributed by atoms with E-state index in [0.29, 0.717) is 19.7 Å². The van der Waals surface area contributed by atoms with E-state index in [-0.39, 0.29) is 11.4 Å². The lowest BCUT2D eigenvalue weighted by Crippen LogP contribution is -2.37. The van der Waals surface area contributed by atoms with Gasteiger partial charge >= 0.3 is 6.03 Å². The van der Waals surface area contributed by atoms with E-state index in [2.05, 4.69) is 43.5 Å². The SMILES string of the molecule is Cc1ccc(CNC(=O)NCCOc2ccc(C(C)(C)C)cc2)cc1. The first-order valence-electron chi connectivity index (χ1n) is 8.65. The zero-order chi connectivity index (χ0) is 18.3. The highest BCUT2D eigenvalue weighted by molar-refractivity contribution is 5.73. The number of aryl methyl sites for hydroxylation is 1. The van der Waals surface area contributed by atoms with Crippen LogP contribution in [0.25, 0.3) is 0 Å². The lowest BCUT2D eigenvalue weighted by atomic mass is 9.87. The molecule has 2 rings (SSSR count). The van der Waals surface area contributed by atoms with Gasteiger partial charge in [0.15, 0.2) is 0 Å². The molecule has 25 heavy (non-hydrogen) atoms. The first-order valence-corrected chi connectivity index (χ1v) is 8.65. The molecule has 2 aromatic rings. The Morgan fingerprint density at radius 2 is 1.60 bits per heavy atom. The summed E-state index contributed by atoms with van der Waals surface area (Å²) in [5.74, 6) is 0.815. The first-order chi connectivity index (χ1) is 11.8. The predicted molar refractivity (Wildman–Crippen MR) is 102 cm³/mol. The number of rotatable bonds is 6. The van der Waals surface area contributed by atoms with Crippen molar-refractivity contribution in [2.24, 2.45) is 0 Å². The van der Waals surface area contributed by atoms with Gasteiger partial charge in [0, 0.05) is 6.54 Å². The zero-order valence-electron chi connectivity index (χ0n) is 15.6. The van der Waals surface area contributed by atoms with E-state index >= 15 is 0 Å². The second kappa shape index (κ2) is 8.56. The van der Waals surface area contributed by atoms with Crippen LogP contribution in [-0.4, -0.2) is 19.2 Å². The van der Waals surface area contributed by atoms with E-state index in [1.807, 2.05) is 43.3 Å². The minimum atomic E-state index is -0.188. The summed E-state index contributed by atoms with van der Waals surface area (Å²) >= 11 is 0. The summed E-state index contributed by atoms with van der Waals surface area (Å²) in [5.41, 5.74) is 3.69. The number of hydrogen-bond donors (Lipinski definition) is 2. The van der Waals surface area contributed by atoms with Gasteiger partial charge in [-0.15, -0.1) is 0 Å². The summed E-state index contributed by atoms with van der Waals surface area (Å²) in [5, 5.41) is 5.63. The van der Waals surface area contributed by atoms with E-state index in [1.54, 1.807) is 0 Å². The fourth-order valence-electron chi connectivity index (χ4n) is 2.34. The van der Waals surface area contributed by atoms with Crippen LogP contribution < -0.4 is 15.4 Å². The minimum absolute atomic E-state index is 0.135. The van der Waals surface area contributed by atoms with Crippen LogP contribution in [0.3, 0.4) is 0 Å². The molecule has 4 heteroatoms. The van der Waals surface area contributed by atoms with Crippen LogP contribution in [0.15, 0.2) is 48.5 Å². The summed E-state index contributed by atoms with van der Waals surface area (Å²) in [4.78, 5) is 11.8. The van der Waals surface area contributed by atoms with Crippen LogP contribution in [0.4, 0.5) is 4.79 Å². The molecule has 2 N–H and O–H groups in total.